The van der Waals surface area contributed by atoms with Crippen molar-refractivity contribution in [3.63, 3.8) is 0 Å². The predicted octanol–water partition coefficient (Wildman–Crippen LogP) is 4.68. The van der Waals surface area contributed by atoms with E-state index in [1.165, 1.54) is 43.4 Å². The van der Waals surface area contributed by atoms with Gasteiger partial charge in [-0.2, -0.15) is 0 Å². The zero-order chi connectivity index (χ0) is 23.8. The van der Waals surface area contributed by atoms with Gasteiger partial charge in [-0.1, -0.05) is 39.0 Å². The molecule has 2 atom stereocenters. The fraction of sp³-hybridized carbons (Fsp3) is 0.654. The van der Waals surface area contributed by atoms with Gasteiger partial charge in [-0.05, 0) is 69.4 Å². The Kier molecular flexibility index (Phi) is 9.15. The first kappa shape index (κ1) is 25.1. The largest absolute Gasteiger partial charge is 0.369 e. The highest BCUT2D eigenvalue weighted by molar-refractivity contribution is 6.04. The minimum Gasteiger partial charge on any atom is -0.369 e. The van der Waals surface area contributed by atoms with Gasteiger partial charge in [-0.25, -0.2) is 9.98 Å². The van der Waals surface area contributed by atoms with Crippen molar-refractivity contribution in [2.75, 3.05) is 7.05 Å². The molecule has 0 aromatic carbocycles. The van der Waals surface area contributed by atoms with Gasteiger partial charge in [-0.3, -0.25) is 19.5 Å². The average molecular weight is 454 g/mol. The van der Waals surface area contributed by atoms with Gasteiger partial charge in [0.05, 0.1) is 5.56 Å². The number of aliphatic imine (C=N–C) groups is 2. The molecule has 2 heterocycles. The van der Waals surface area contributed by atoms with Crippen molar-refractivity contribution in [1.82, 2.24) is 9.88 Å². The number of carbonyl (C=O) groups is 2. The predicted molar refractivity (Wildman–Crippen MR) is 132 cm³/mol. The summed E-state index contributed by atoms with van der Waals surface area (Å²) < 4.78 is 0. The van der Waals surface area contributed by atoms with Crippen molar-refractivity contribution >= 4 is 23.5 Å². The van der Waals surface area contributed by atoms with Gasteiger partial charge in [0, 0.05) is 24.7 Å². The Balaban J connectivity index is 0.000000186. The number of guanidine groups is 1. The van der Waals surface area contributed by atoms with Gasteiger partial charge in [0.1, 0.15) is 6.04 Å². The second-order valence-electron chi connectivity index (χ2n) is 9.85. The lowest BCUT2D eigenvalue weighted by Crippen LogP contribution is -2.35. The maximum Gasteiger partial charge on any atom is 0.278 e. The highest BCUT2D eigenvalue weighted by Gasteiger charge is 2.30. The topological polar surface area (TPSA) is 101 Å². The molecular weight excluding hydrogens is 414 g/mol. The standard InChI is InChI=1S/C14H18N2O.C12H21N3O/c1-10-4-3-5-13(8-10)16-14(17)12-7-6-11(2)15-9-12;1-15-11(16)10(14-12(15)13)8-7-9-5-3-2-4-6-9/h6-7,9-10H,3-5,8H2,1-2H3;9-10H,2-8H2,1H3,(H2,13,14). The van der Waals surface area contributed by atoms with Crippen molar-refractivity contribution in [2.24, 2.45) is 27.6 Å². The Bertz CT molecular complexity index is 871. The normalized spacial score (nSPS) is 24.9. The van der Waals surface area contributed by atoms with Crippen LogP contribution in [0.15, 0.2) is 28.3 Å². The first-order valence-corrected chi connectivity index (χ1v) is 12.5. The number of nitrogens with two attached hydrogens (primary N) is 1. The lowest BCUT2D eigenvalue weighted by atomic mass is 9.85. The van der Waals surface area contributed by atoms with E-state index in [1.54, 1.807) is 19.3 Å². The molecule has 7 heteroatoms. The van der Waals surface area contributed by atoms with Crippen LogP contribution in [0.4, 0.5) is 0 Å². The number of nitrogens with zero attached hydrogens (tertiary/aromatic N) is 4. The minimum absolute atomic E-state index is 0.0632. The van der Waals surface area contributed by atoms with Crippen molar-refractivity contribution < 1.29 is 9.59 Å². The van der Waals surface area contributed by atoms with Crippen molar-refractivity contribution in [3.8, 4) is 0 Å². The number of hydrogen-bond acceptors (Lipinski definition) is 5. The molecule has 0 bridgehead atoms. The monoisotopic (exact) mass is 453 g/mol. The Morgan fingerprint density at radius 1 is 1.15 bits per heavy atom. The lowest BCUT2D eigenvalue weighted by Gasteiger charge is -2.21. The molecule has 2 unspecified atom stereocenters. The van der Waals surface area contributed by atoms with Crippen LogP contribution in [0.5, 0.6) is 0 Å². The van der Waals surface area contributed by atoms with Gasteiger partial charge in [0.25, 0.3) is 11.8 Å². The quantitative estimate of drug-likeness (QED) is 0.715. The van der Waals surface area contributed by atoms with Gasteiger partial charge in [0.2, 0.25) is 0 Å². The first-order chi connectivity index (χ1) is 15.8. The number of aromatic nitrogens is 1. The van der Waals surface area contributed by atoms with E-state index in [9.17, 15) is 9.59 Å². The average Bonchev–Trinajstić information content (AvgIpc) is 3.06. The molecule has 180 valence electrons. The third-order valence-electron chi connectivity index (χ3n) is 6.98. The third kappa shape index (κ3) is 7.47. The van der Waals surface area contributed by atoms with E-state index in [0.717, 1.165) is 49.4 Å². The van der Waals surface area contributed by atoms with E-state index in [1.807, 2.05) is 13.0 Å². The number of aryl methyl sites for hydroxylation is 1. The summed E-state index contributed by atoms with van der Waals surface area (Å²) in [7, 11) is 1.70. The number of hydrogen-bond donors (Lipinski definition) is 1. The Morgan fingerprint density at radius 2 is 1.91 bits per heavy atom. The summed E-state index contributed by atoms with van der Waals surface area (Å²) in [6.45, 7) is 4.12. The van der Waals surface area contributed by atoms with Crippen LogP contribution in [0, 0.1) is 18.8 Å². The van der Waals surface area contributed by atoms with E-state index in [4.69, 9.17) is 5.73 Å². The zero-order valence-corrected chi connectivity index (χ0v) is 20.4. The SMILES string of the molecule is CN1C(=O)C(CCC2CCCCC2)N=C1N.Cc1ccc(C(=O)N=C2CCCC(C)C2)cn1. The maximum absolute atomic E-state index is 11.9. The van der Waals surface area contributed by atoms with Crippen LogP contribution in [-0.4, -0.2) is 46.5 Å². The molecule has 1 aromatic heterocycles. The van der Waals surface area contributed by atoms with Crippen LogP contribution < -0.4 is 5.73 Å². The van der Waals surface area contributed by atoms with Gasteiger partial charge >= 0.3 is 0 Å². The molecule has 0 radical (unpaired) electrons. The summed E-state index contributed by atoms with van der Waals surface area (Å²) in [6.07, 6.45) is 14.7. The molecule has 7 nitrogen and oxygen atoms in total. The van der Waals surface area contributed by atoms with E-state index < -0.39 is 0 Å². The fourth-order valence-corrected chi connectivity index (χ4v) is 4.86. The highest BCUT2D eigenvalue weighted by Crippen LogP contribution is 2.29. The van der Waals surface area contributed by atoms with Gasteiger partial charge in [0.15, 0.2) is 5.96 Å². The van der Waals surface area contributed by atoms with E-state index in [0.29, 0.717) is 17.4 Å². The summed E-state index contributed by atoms with van der Waals surface area (Å²) >= 11 is 0. The minimum atomic E-state index is -0.202. The number of carbonyl (C=O) groups excluding carboxylic acids is 2. The van der Waals surface area contributed by atoms with Gasteiger partial charge in [-0.15, -0.1) is 0 Å². The van der Waals surface area contributed by atoms with Crippen molar-refractivity contribution in [2.45, 2.75) is 90.5 Å². The Hall–Kier alpha value is -2.57. The Labute approximate surface area is 198 Å². The summed E-state index contributed by atoms with van der Waals surface area (Å²) in [5, 5.41) is 0. The molecule has 2 aliphatic carbocycles. The van der Waals surface area contributed by atoms with Crippen molar-refractivity contribution in [3.05, 3.63) is 29.6 Å². The molecule has 1 aliphatic heterocycles. The molecular formula is C26H39N5O2. The zero-order valence-electron chi connectivity index (χ0n) is 20.4. The van der Waals surface area contributed by atoms with Crippen LogP contribution >= 0.6 is 0 Å². The third-order valence-corrected chi connectivity index (χ3v) is 6.98. The fourth-order valence-electron chi connectivity index (χ4n) is 4.86. The van der Waals surface area contributed by atoms with E-state index >= 15 is 0 Å². The smallest absolute Gasteiger partial charge is 0.278 e. The molecule has 2 N–H and O–H groups in total. The number of amides is 2. The summed E-state index contributed by atoms with van der Waals surface area (Å²) in [6, 6.07) is 3.43. The number of rotatable bonds is 4. The van der Waals surface area contributed by atoms with E-state index in [2.05, 4.69) is 21.9 Å². The molecule has 4 rings (SSSR count). The second kappa shape index (κ2) is 12.1. The van der Waals surface area contributed by atoms with Crippen LogP contribution in [0.3, 0.4) is 0 Å². The summed E-state index contributed by atoms with van der Waals surface area (Å²) in [4.78, 5) is 37.6. The molecule has 1 aromatic rings. The molecule has 33 heavy (non-hydrogen) atoms. The van der Waals surface area contributed by atoms with Crippen LogP contribution in [-0.2, 0) is 4.79 Å². The number of pyridine rings is 1. The molecule has 0 saturated heterocycles. The molecule has 3 aliphatic rings. The lowest BCUT2D eigenvalue weighted by molar-refractivity contribution is -0.126. The highest BCUT2D eigenvalue weighted by atomic mass is 16.2. The van der Waals surface area contributed by atoms with Crippen LogP contribution in [0.2, 0.25) is 0 Å². The van der Waals surface area contributed by atoms with E-state index in [-0.39, 0.29) is 17.9 Å². The molecule has 0 spiro atoms. The summed E-state index contributed by atoms with van der Waals surface area (Å²) in [5.41, 5.74) is 8.17. The summed E-state index contributed by atoms with van der Waals surface area (Å²) in [5.74, 6) is 1.75. The van der Waals surface area contributed by atoms with Crippen molar-refractivity contribution in [1.29, 1.82) is 0 Å². The number of likely N-dealkylation sites (N-methyl/N-ethyl adjacent to an activating group) is 1. The Morgan fingerprint density at radius 3 is 2.52 bits per heavy atom. The second-order valence-corrected chi connectivity index (χ2v) is 9.85. The maximum atomic E-state index is 11.9. The molecule has 2 saturated carbocycles. The first-order valence-electron chi connectivity index (χ1n) is 12.5. The molecule has 2 amide bonds. The molecule has 2 fully saturated rings. The van der Waals surface area contributed by atoms with Crippen LogP contribution in [0.25, 0.3) is 0 Å². The van der Waals surface area contributed by atoms with Crippen LogP contribution in [0.1, 0.15) is 93.6 Å². The van der Waals surface area contributed by atoms with Gasteiger partial charge < -0.3 is 5.73 Å².